The van der Waals surface area contributed by atoms with Crippen molar-refractivity contribution in [3.8, 4) is 0 Å². The lowest BCUT2D eigenvalue weighted by Crippen LogP contribution is -2.24. The van der Waals surface area contributed by atoms with Gasteiger partial charge in [0.15, 0.2) is 6.61 Å². The highest BCUT2D eigenvalue weighted by Crippen LogP contribution is 2.30. The van der Waals surface area contributed by atoms with Crippen LogP contribution in [-0.4, -0.2) is 18.5 Å². The quantitative estimate of drug-likeness (QED) is 0.773. The molecule has 1 amide bonds. The number of rotatable bonds is 6. The first-order valence-electron chi connectivity index (χ1n) is 8.00. The molecule has 2 rings (SSSR count). The van der Waals surface area contributed by atoms with E-state index in [0.29, 0.717) is 6.42 Å². The van der Waals surface area contributed by atoms with Crippen molar-refractivity contribution in [1.82, 2.24) is 0 Å². The number of benzene rings is 2. The van der Waals surface area contributed by atoms with E-state index in [-0.39, 0.29) is 5.69 Å². The van der Waals surface area contributed by atoms with Gasteiger partial charge in [0, 0.05) is 5.69 Å². The molecule has 0 saturated heterocycles. The van der Waals surface area contributed by atoms with Crippen molar-refractivity contribution < 1.29 is 27.5 Å². The third-order valence-corrected chi connectivity index (χ3v) is 3.71. The maximum Gasteiger partial charge on any atom is 0.416 e. The van der Waals surface area contributed by atoms with Gasteiger partial charge in [-0.15, -0.1) is 0 Å². The van der Waals surface area contributed by atoms with Crippen molar-refractivity contribution in [3.05, 3.63) is 65.7 Å². The molecule has 0 saturated carbocycles. The minimum atomic E-state index is -4.50. The summed E-state index contributed by atoms with van der Waals surface area (Å²) < 4.78 is 43.0. The monoisotopic (exact) mass is 365 g/mol. The van der Waals surface area contributed by atoms with Crippen LogP contribution in [0.4, 0.5) is 18.9 Å². The summed E-state index contributed by atoms with van der Waals surface area (Å²) >= 11 is 0. The summed E-state index contributed by atoms with van der Waals surface area (Å²) in [7, 11) is 0. The number of carbonyl (C=O) groups excluding carboxylic acids is 2. The second kappa shape index (κ2) is 8.51. The van der Waals surface area contributed by atoms with Gasteiger partial charge in [-0.05, 0) is 30.2 Å². The van der Waals surface area contributed by atoms with Crippen LogP contribution >= 0.6 is 0 Å². The van der Waals surface area contributed by atoms with Gasteiger partial charge < -0.3 is 10.1 Å². The van der Waals surface area contributed by atoms with Gasteiger partial charge in [-0.3, -0.25) is 9.59 Å². The summed E-state index contributed by atoms with van der Waals surface area (Å²) in [5.41, 5.74) is -0.114. The summed E-state index contributed by atoms with van der Waals surface area (Å²) in [5.74, 6) is -1.77. The van der Waals surface area contributed by atoms with Crippen molar-refractivity contribution in [2.45, 2.75) is 25.4 Å². The fraction of sp³-hybridized carbons (Fsp3) is 0.263. The van der Waals surface area contributed by atoms with E-state index in [9.17, 15) is 22.8 Å². The Morgan fingerprint density at radius 1 is 1.08 bits per heavy atom. The Labute approximate surface area is 149 Å². The molecule has 0 aliphatic rings. The van der Waals surface area contributed by atoms with E-state index in [0.717, 1.165) is 17.7 Å². The number of halogens is 3. The van der Waals surface area contributed by atoms with Crippen LogP contribution in [-0.2, 0) is 20.5 Å². The number of hydrogen-bond acceptors (Lipinski definition) is 3. The standard InChI is InChI=1S/C19H18F3NO3/c1-2-16(13-7-4-3-5-8-13)18(25)26-12-17(24)23-15-10-6-9-14(11-15)19(20,21)22/h3-11,16H,2,12H2,1H3,(H,23,24). The van der Waals surface area contributed by atoms with E-state index < -0.39 is 36.1 Å². The van der Waals surface area contributed by atoms with E-state index >= 15 is 0 Å². The molecule has 0 aliphatic heterocycles. The summed E-state index contributed by atoms with van der Waals surface area (Å²) in [5, 5.41) is 2.29. The summed E-state index contributed by atoms with van der Waals surface area (Å²) in [6, 6.07) is 13.2. The lowest BCUT2D eigenvalue weighted by molar-refractivity contribution is -0.149. The van der Waals surface area contributed by atoms with Gasteiger partial charge in [0.2, 0.25) is 0 Å². The maximum atomic E-state index is 12.7. The van der Waals surface area contributed by atoms with Crippen LogP contribution in [0.2, 0.25) is 0 Å². The smallest absolute Gasteiger partial charge is 0.416 e. The highest BCUT2D eigenvalue weighted by Gasteiger charge is 2.30. The van der Waals surface area contributed by atoms with Crippen molar-refractivity contribution in [1.29, 1.82) is 0 Å². The summed E-state index contributed by atoms with van der Waals surface area (Å²) in [6.07, 6.45) is -4.00. The number of esters is 1. The predicted molar refractivity (Wildman–Crippen MR) is 90.5 cm³/mol. The Kier molecular flexibility index (Phi) is 6.38. The molecular formula is C19H18F3NO3. The second-order valence-corrected chi connectivity index (χ2v) is 5.61. The maximum absolute atomic E-state index is 12.7. The molecule has 0 bridgehead atoms. The van der Waals surface area contributed by atoms with E-state index in [4.69, 9.17) is 4.74 Å². The first-order valence-corrected chi connectivity index (χ1v) is 8.00. The normalized spacial score (nSPS) is 12.3. The molecule has 0 spiro atoms. The predicted octanol–water partition coefficient (Wildman–Crippen LogP) is 4.38. The molecule has 0 aromatic heterocycles. The van der Waals surface area contributed by atoms with Crippen LogP contribution in [0.5, 0.6) is 0 Å². The van der Waals surface area contributed by atoms with Gasteiger partial charge in [-0.25, -0.2) is 0 Å². The first-order chi connectivity index (χ1) is 12.3. The topological polar surface area (TPSA) is 55.4 Å². The molecule has 138 valence electrons. The van der Waals surface area contributed by atoms with Crippen LogP contribution < -0.4 is 5.32 Å². The van der Waals surface area contributed by atoms with Crippen LogP contribution in [0.1, 0.15) is 30.4 Å². The van der Waals surface area contributed by atoms with Crippen molar-refractivity contribution in [3.63, 3.8) is 0 Å². The summed E-state index contributed by atoms with van der Waals surface area (Å²) in [4.78, 5) is 24.0. The minimum absolute atomic E-state index is 0.0176. The van der Waals surface area contributed by atoms with E-state index in [1.165, 1.54) is 12.1 Å². The third-order valence-electron chi connectivity index (χ3n) is 3.71. The zero-order valence-corrected chi connectivity index (χ0v) is 14.0. The number of amides is 1. The second-order valence-electron chi connectivity index (χ2n) is 5.61. The van der Waals surface area contributed by atoms with E-state index in [1.807, 2.05) is 13.0 Å². The molecular weight excluding hydrogens is 347 g/mol. The Bertz CT molecular complexity index is 760. The fourth-order valence-corrected chi connectivity index (χ4v) is 2.43. The molecule has 1 unspecified atom stereocenters. The van der Waals surface area contributed by atoms with Gasteiger partial charge in [0.25, 0.3) is 5.91 Å². The molecule has 0 aliphatic carbocycles. The van der Waals surface area contributed by atoms with Gasteiger partial charge in [-0.2, -0.15) is 13.2 Å². The number of nitrogens with one attached hydrogen (secondary N) is 1. The van der Waals surface area contributed by atoms with Gasteiger partial charge in [-0.1, -0.05) is 43.3 Å². The summed E-state index contributed by atoms with van der Waals surface area (Å²) in [6.45, 7) is 1.25. The average Bonchev–Trinajstić information content (AvgIpc) is 2.61. The van der Waals surface area contributed by atoms with Crippen LogP contribution in [0.15, 0.2) is 54.6 Å². The molecule has 7 heteroatoms. The Hall–Kier alpha value is -2.83. The van der Waals surface area contributed by atoms with Crippen molar-refractivity contribution in [2.24, 2.45) is 0 Å². The number of anilines is 1. The molecule has 1 N–H and O–H groups in total. The third kappa shape index (κ3) is 5.34. The molecule has 0 heterocycles. The average molecular weight is 365 g/mol. The van der Waals surface area contributed by atoms with E-state index in [1.54, 1.807) is 24.3 Å². The molecule has 0 radical (unpaired) electrons. The molecule has 4 nitrogen and oxygen atoms in total. The van der Waals surface area contributed by atoms with Gasteiger partial charge in [0.05, 0.1) is 11.5 Å². The van der Waals surface area contributed by atoms with Gasteiger partial charge >= 0.3 is 12.1 Å². The van der Waals surface area contributed by atoms with Gasteiger partial charge in [0.1, 0.15) is 0 Å². The number of alkyl halides is 3. The number of hydrogen-bond donors (Lipinski definition) is 1. The zero-order chi connectivity index (χ0) is 19.2. The Morgan fingerprint density at radius 2 is 1.77 bits per heavy atom. The SMILES string of the molecule is CCC(C(=O)OCC(=O)Nc1cccc(C(F)(F)F)c1)c1ccccc1. The van der Waals surface area contributed by atoms with Crippen molar-refractivity contribution >= 4 is 17.6 Å². The molecule has 0 fully saturated rings. The lowest BCUT2D eigenvalue weighted by Gasteiger charge is -2.14. The zero-order valence-electron chi connectivity index (χ0n) is 14.0. The van der Waals surface area contributed by atoms with E-state index in [2.05, 4.69) is 5.32 Å². The Balaban J connectivity index is 1.93. The molecule has 1 atom stereocenters. The highest BCUT2D eigenvalue weighted by molar-refractivity contribution is 5.93. The van der Waals surface area contributed by atoms with Crippen molar-refractivity contribution in [2.75, 3.05) is 11.9 Å². The number of ether oxygens (including phenoxy) is 1. The first kappa shape index (κ1) is 19.5. The number of carbonyl (C=O) groups is 2. The van der Waals surface area contributed by atoms with Crippen LogP contribution in [0.3, 0.4) is 0 Å². The lowest BCUT2D eigenvalue weighted by atomic mass is 9.97. The highest BCUT2D eigenvalue weighted by atomic mass is 19.4. The minimum Gasteiger partial charge on any atom is -0.455 e. The molecule has 2 aromatic rings. The molecule has 26 heavy (non-hydrogen) atoms. The van der Waals surface area contributed by atoms with Crippen LogP contribution in [0, 0.1) is 0 Å². The van der Waals surface area contributed by atoms with Crippen LogP contribution in [0.25, 0.3) is 0 Å². The largest absolute Gasteiger partial charge is 0.455 e. The Morgan fingerprint density at radius 3 is 2.38 bits per heavy atom. The fourth-order valence-electron chi connectivity index (χ4n) is 2.43. The molecule has 2 aromatic carbocycles.